The van der Waals surface area contributed by atoms with E-state index in [1.54, 1.807) is 0 Å². The molecule has 4 nitrogen and oxygen atoms in total. The Hall–Kier alpha value is -0.580. The van der Waals surface area contributed by atoms with Crippen LogP contribution in [0.4, 0.5) is 0 Å². The molecule has 0 saturated heterocycles. The van der Waals surface area contributed by atoms with E-state index in [9.17, 15) is 14.7 Å². The van der Waals surface area contributed by atoms with Crippen LogP contribution in [0.25, 0.3) is 0 Å². The topological polar surface area (TPSA) is 70.3 Å². The van der Waals surface area contributed by atoms with E-state index in [2.05, 4.69) is 6.92 Å². The van der Waals surface area contributed by atoms with Crippen LogP contribution in [0.5, 0.6) is 0 Å². The Kier molecular flexibility index (Phi) is 13.5. The Bertz CT molecular complexity index is 454. The molecule has 0 radical (unpaired) electrons. The first-order valence-corrected chi connectivity index (χ1v) is 8.49. The summed E-state index contributed by atoms with van der Waals surface area (Å²) < 4.78 is 4.94. The second-order valence-corrected chi connectivity index (χ2v) is 5.81. The molecule has 0 amide bonds. The number of carboxylic acid groups (broad SMARTS) is 1. The van der Waals surface area contributed by atoms with Crippen molar-refractivity contribution in [2.45, 2.75) is 77.6 Å². The van der Waals surface area contributed by atoms with Gasteiger partial charge in [0.1, 0.15) is 11.7 Å². The number of hydrogen-bond donors (Lipinski definition) is 0. The van der Waals surface area contributed by atoms with Crippen molar-refractivity contribution in [3.05, 3.63) is 23.7 Å². The first-order chi connectivity index (χ1) is 10.6. The summed E-state index contributed by atoms with van der Waals surface area (Å²) in [7, 11) is 0. The average Bonchev–Trinajstić information content (AvgIpc) is 2.99. The van der Waals surface area contributed by atoms with Gasteiger partial charge in [0, 0.05) is 6.42 Å². The summed E-state index contributed by atoms with van der Waals surface area (Å²) in [5, 5.41) is 10.6. The summed E-state index contributed by atoms with van der Waals surface area (Å²) in [6.45, 7) is 2.23. The number of furan rings is 1. The van der Waals surface area contributed by atoms with Crippen LogP contribution in [0.2, 0.25) is 0 Å². The molecule has 0 N–H and O–H groups in total. The van der Waals surface area contributed by atoms with Crippen molar-refractivity contribution in [3.8, 4) is 0 Å². The Morgan fingerprint density at radius 1 is 0.870 bits per heavy atom. The van der Waals surface area contributed by atoms with Crippen molar-refractivity contribution in [2.24, 2.45) is 0 Å². The predicted octanol–water partition coefficient (Wildman–Crippen LogP) is 1.14. The van der Waals surface area contributed by atoms with Gasteiger partial charge in [0.15, 0.2) is 11.5 Å². The zero-order valence-corrected chi connectivity index (χ0v) is 16.6. The molecular weight excluding hydrogens is 303 g/mol. The van der Waals surface area contributed by atoms with Gasteiger partial charge in [-0.25, -0.2) is 0 Å². The van der Waals surface area contributed by atoms with Crippen molar-refractivity contribution in [1.82, 2.24) is 0 Å². The minimum Gasteiger partial charge on any atom is -0.542 e. The van der Waals surface area contributed by atoms with E-state index in [4.69, 9.17) is 4.42 Å². The largest absolute Gasteiger partial charge is 1.00 e. The maximum Gasteiger partial charge on any atom is 1.00 e. The quantitative estimate of drug-likeness (QED) is 0.309. The molecule has 1 aromatic rings. The Morgan fingerprint density at radius 3 is 1.83 bits per heavy atom. The average molecular weight is 330 g/mol. The number of carboxylic acids is 1. The van der Waals surface area contributed by atoms with Crippen LogP contribution in [0.3, 0.4) is 0 Å². The van der Waals surface area contributed by atoms with E-state index >= 15 is 0 Å². The van der Waals surface area contributed by atoms with Crippen LogP contribution >= 0.6 is 0 Å². The fraction of sp³-hybridized carbons (Fsp3) is 0.667. The number of rotatable bonds is 13. The van der Waals surface area contributed by atoms with Crippen LogP contribution in [0.15, 0.2) is 16.5 Å². The summed E-state index contributed by atoms with van der Waals surface area (Å²) in [5.41, 5.74) is 0. The van der Waals surface area contributed by atoms with Gasteiger partial charge in [-0.3, -0.25) is 4.79 Å². The molecule has 0 fully saturated rings. The first kappa shape index (κ1) is 22.4. The third kappa shape index (κ3) is 10.0. The molecule has 0 unspecified atom stereocenters. The fourth-order valence-corrected chi connectivity index (χ4v) is 2.49. The molecule has 1 rings (SSSR count). The SMILES string of the molecule is CCCCCCCCCCCCC(=O)c1ccc(C(=O)[O-])o1.[Na+]. The Labute approximate surface area is 161 Å². The zero-order valence-electron chi connectivity index (χ0n) is 14.6. The standard InChI is InChI=1S/C18H28O4.Na/c1-2-3-4-5-6-7-8-9-10-11-12-15(19)16-13-14-17(22-16)18(20)21;/h13-14H,2-12H2,1H3,(H,20,21);/q;+1/p-1. The summed E-state index contributed by atoms with van der Waals surface area (Å²) in [4.78, 5) is 22.4. The second-order valence-electron chi connectivity index (χ2n) is 5.81. The maximum absolute atomic E-state index is 11.8. The number of hydrogen-bond acceptors (Lipinski definition) is 4. The first-order valence-electron chi connectivity index (χ1n) is 8.49. The van der Waals surface area contributed by atoms with Gasteiger partial charge in [-0.05, 0) is 18.6 Å². The van der Waals surface area contributed by atoms with E-state index in [1.807, 2.05) is 0 Å². The molecule has 0 saturated carbocycles. The van der Waals surface area contributed by atoms with Gasteiger partial charge >= 0.3 is 29.6 Å². The normalized spacial score (nSPS) is 10.3. The molecule has 1 heterocycles. The molecule has 5 heteroatoms. The number of unbranched alkanes of at least 4 members (excludes halogenated alkanes) is 9. The third-order valence-corrected chi connectivity index (χ3v) is 3.84. The Morgan fingerprint density at radius 2 is 1.35 bits per heavy atom. The van der Waals surface area contributed by atoms with Gasteiger partial charge in [-0.15, -0.1) is 0 Å². The van der Waals surface area contributed by atoms with Crippen LogP contribution in [0, 0.1) is 0 Å². The summed E-state index contributed by atoms with van der Waals surface area (Å²) >= 11 is 0. The monoisotopic (exact) mass is 330 g/mol. The molecular formula is C18H27NaO4. The van der Waals surface area contributed by atoms with Crippen LogP contribution < -0.4 is 34.7 Å². The van der Waals surface area contributed by atoms with Gasteiger partial charge in [0.2, 0.25) is 0 Å². The fourth-order valence-electron chi connectivity index (χ4n) is 2.49. The van der Waals surface area contributed by atoms with Crippen molar-refractivity contribution in [1.29, 1.82) is 0 Å². The van der Waals surface area contributed by atoms with Gasteiger partial charge in [0.25, 0.3) is 0 Å². The molecule has 0 aliphatic carbocycles. The van der Waals surface area contributed by atoms with E-state index in [-0.39, 0.29) is 46.9 Å². The van der Waals surface area contributed by atoms with Crippen molar-refractivity contribution >= 4 is 11.8 Å². The van der Waals surface area contributed by atoms with Crippen LogP contribution in [-0.4, -0.2) is 11.8 Å². The number of carbonyl (C=O) groups excluding carboxylic acids is 2. The van der Waals surface area contributed by atoms with Gasteiger partial charge in [-0.2, -0.15) is 0 Å². The second kappa shape index (κ2) is 13.8. The van der Waals surface area contributed by atoms with E-state index in [0.717, 1.165) is 19.3 Å². The summed E-state index contributed by atoms with van der Waals surface area (Å²) in [5.74, 6) is -1.69. The molecule has 1 aromatic heterocycles. The maximum atomic E-state index is 11.8. The van der Waals surface area contributed by atoms with Crippen LogP contribution in [0.1, 0.15) is 98.7 Å². The molecule has 0 aliphatic rings. The number of Topliss-reactive ketones (excluding diaryl/α,β-unsaturated/α-hetero) is 1. The summed E-state index contributed by atoms with van der Waals surface area (Å²) in [6.07, 6.45) is 12.6. The third-order valence-electron chi connectivity index (χ3n) is 3.84. The van der Waals surface area contributed by atoms with Crippen molar-refractivity contribution in [2.75, 3.05) is 0 Å². The van der Waals surface area contributed by atoms with Gasteiger partial charge < -0.3 is 14.3 Å². The van der Waals surface area contributed by atoms with E-state index in [0.29, 0.717) is 6.42 Å². The van der Waals surface area contributed by atoms with Crippen LogP contribution in [-0.2, 0) is 0 Å². The zero-order chi connectivity index (χ0) is 16.2. The molecule has 0 bridgehead atoms. The number of aromatic carboxylic acids is 1. The van der Waals surface area contributed by atoms with E-state index in [1.165, 1.54) is 57.1 Å². The van der Waals surface area contributed by atoms with Gasteiger partial charge in [-0.1, -0.05) is 64.7 Å². The Balaban J connectivity index is 0.00000484. The minimum absolute atomic E-state index is 0. The number of ketones is 1. The molecule has 0 atom stereocenters. The predicted molar refractivity (Wildman–Crippen MR) is 83.8 cm³/mol. The van der Waals surface area contributed by atoms with Crippen molar-refractivity contribution in [3.63, 3.8) is 0 Å². The minimum atomic E-state index is -1.39. The number of carbonyl (C=O) groups is 2. The van der Waals surface area contributed by atoms with Gasteiger partial charge in [0.05, 0.1) is 0 Å². The van der Waals surface area contributed by atoms with E-state index < -0.39 is 5.97 Å². The van der Waals surface area contributed by atoms with Crippen molar-refractivity contribution < 1.29 is 48.7 Å². The molecule has 0 aliphatic heterocycles. The molecule has 124 valence electrons. The molecule has 0 aromatic carbocycles. The molecule has 0 spiro atoms. The smallest absolute Gasteiger partial charge is 0.542 e. The summed E-state index contributed by atoms with van der Waals surface area (Å²) in [6, 6.07) is 2.67. The molecule has 23 heavy (non-hydrogen) atoms.